The summed E-state index contributed by atoms with van der Waals surface area (Å²) < 4.78 is 17.5. The predicted molar refractivity (Wildman–Crippen MR) is 120 cm³/mol. The fourth-order valence-electron chi connectivity index (χ4n) is 4.07. The second-order valence-electron chi connectivity index (χ2n) is 7.53. The average Bonchev–Trinajstić information content (AvgIpc) is 3.40. The van der Waals surface area contributed by atoms with Gasteiger partial charge in [0.15, 0.2) is 0 Å². The number of fused-ring (bicyclic) bond motifs is 1. The van der Waals surface area contributed by atoms with Crippen LogP contribution in [0.25, 0.3) is 33.9 Å². The van der Waals surface area contributed by atoms with E-state index in [4.69, 9.17) is 4.98 Å². The van der Waals surface area contributed by atoms with Crippen molar-refractivity contribution < 1.29 is 4.39 Å². The fraction of sp³-hybridized carbons (Fsp3) is 0.333. The van der Waals surface area contributed by atoms with Crippen molar-refractivity contribution in [2.24, 2.45) is 7.05 Å². The van der Waals surface area contributed by atoms with Crippen LogP contribution in [-0.2, 0) is 13.5 Å². The van der Waals surface area contributed by atoms with Crippen molar-refractivity contribution in [2.45, 2.75) is 46.1 Å². The molecule has 0 N–H and O–H groups in total. The highest BCUT2D eigenvalue weighted by atomic mass is 19.1. The molecule has 0 bridgehead atoms. The standard InChI is InChI=1S/C22H21FN6.C2H6/c1-14-4-3-5-20-27-21(18-7-6-17(23)12-25-18)22(29(14)20)15-8-9-24-19(10-15)16-11-26-28(2)13-16;1-2/h6-14H,3-5H2,1-2H3;1-2H3/t14-;/m1./s1. The first-order valence-electron chi connectivity index (χ1n) is 10.8. The van der Waals surface area contributed by atoms with E-state index in [0.717, 1.165) is 53.3 Å². The Kier molecular flexibility index (Phi) is 5.93. The minimum absolute atomic E-state index is 0.338. The topological polar surface area (TPSA) is 61.4 Å². The molecule has 0 aromatic carbocycles. The van der Waals surface area contributed by atoms with Crippen LogP contribution in [0.2, 0.25) is 0 Å². The molecule has 1 atom stereocenters. The van der Waals surface area contributed by atoms with Crippen LogP contribution in [0.1, 0.15) is 45.5 Å². The second kappa shape index (κ2) is 8.79. The van der Waals surface area contributed by atoms with Gasteiger partial charge in [-0.1, -0.05) is 13.8 Å². The van der Waals surface area contributed by atoms with Gasteiger partial charge in [-0.3, -0.25) is 14.6 Å². The van der Waals surface area contributed by atoms with Gasteiger partial charge < -0.3 is 4.57 Å². The van der Waals surface area contributed by atoms with Crippen LogP contribution < -0.4 is 0 Å². The number of rotatable bonds is 3. The van der Waals surface area contributed by atoms with E-state index in [1.165, 1.54) is 12.3 Å². The Balaban J connectivity index is 0.00000112. The Morgan fingerprint density at radius 1 is 1.03 bits per heavy atom. The van der Waals surface area contributed by atoms with Gasteiger partial charge >= 0.3 is 0 Å². The lowest BCUT2D eigenvalue weighted by Gasteiger charge is -2.24. The molecular formula is C24H27FN6. The van der Waals surface area contributed by atoms with Crippen LogP contribution in [-0.4, -0.2) is 29.3 Å². The first-order chi connectivity index (χ1) is 15.1. The van der Waals surface area contributed by atoms with Crippen LogP contribution >= 0.6 is 0 Å². The smallest absolute Gasteiger partial charge is 0.141 e. The molecule has 4 aromatic heterocycles. The molecule has 0 unspecified atom stereocenters. The monoisotopic (exact) mass is 418 g/mol. The van der Waals surface area contributed by atoms with Crippen molar-refractivity contribution in [1.82, 2.24) is 29.3 Å². The normalized spacial score (nSPS) is 15.2. The maximum absolute atomic E-state index is 13.5. The summed E-state index contributed by atoms with van der Waals surface area (Å²) in [6.45, 7) is 6.22. The summed E-state index contributed by atoms with van der Waals surface area (Å²) in [5.74, 6) is 0.704. The molecule has 0 radical (unpaired) electrons. The zero-order valence-electron chi connectivity index (χ0n) is 18.4. The molecular weight excluding hydrogens is 391 g/mol. The Labute approximate surface area is 181 Å². The molecule has 160 valence electrons. The van der Waals surface area contributed by atoms with Gasteiger partial charge in [-0.2, -0.15) is 5.10 Å². The van der Waals surface area contributed by atoms with E-state index in [2.05, 4.69) is 32.6 Å². The zero-order valence-corrected chi connectivity index (χ0v) is 18.4. The lowest BCUT2D eigenvalue weighted by molar-refractivity contribution is 0.429. The van der Waals surface area contributed by atoms with E-state index in [9.17, 15) is 4.39 Å². The first kappa shape index (κ1) is 20.9. The molecule has 0 saturated carbocycles. The van der Waals surface area contributed by atoms with Crippen molar-refractivity contribution in [2.75, 3.05) is 0 Å². The Hall–Kier alpha value is -3.35. The van der Waals surface area contributed by atoms with Gasteiger partial charge in [0.25, 0.3) is 0 Å². The predicted octanol–water partition coefficient (Wildman–Crippen LogP) is 5.47. The molecule has 5 rings (SSSR count). The Morgan fingerprint density at radius 2 is 1.87 bits per heavy atom. The number of pyridine rings is 2. The van der Waals surface area contributed by atoms with E-state index >= 15 is 0 Å². The SMILES string of the molecule is CC.C[C@@H]1CCCc2nc(-c3ccc(F)cn3)c(-c3ccnc(-c4cnn(C)c4)c3)n21. The number of aromatic nitrogens is 6. The summed E-state index contributed by atoms with van der Waals surface area (Å²) in [5, 5.41) is 4.25. The van der Waals surface area contributed by atoms with Gasteiger partial charge in [-0.25, -0.2) is 9.37 Å². The molecule has 0 fully saturated rings. The summed E-state index contributed by atoms with van der Waals surface area (Å²) in [5.41, 5.74) is 5.31. The zero-order chi connectivity index (χ0) is 22.0. The highest BCUT2D eigenvalue weighted by molar-refractivity contribution is 5.79. The minimum atomic E-state index is -0.351. The lowest BCUT2D eigenvalue weighted by Crippen LogP contribution is -2.16. The highest BCUT2D eigenvalue weighted by Crippen LogP contribution is 2.38. The van der Waals surface area contributed by atoms with Gasteiger partial charge in [0.1, 0.15) is 17.3 Å². The third kappa shape index (κ3) is 4.00. The Morgan fingerprint density at radius 3 is 2.58 bits per heavy atom. The molecule has 6 nitrogen and oxygen atoms in total. The maximum atomic E-state index is 13.5. The van der Waals surface area contributed by atoms with Crippen LogP contribution in [0.3, 0.4) is 0 Å². The average molecular weight is 419 g/mol. The molecule has 1 aliphatic heterocycles. The van der Waals surface area contributed by atoms with E-state index in [1.54, 1.807) is 10.7 Å². The fourth-order valence-corrected chi connectivity index (χ4v) is 4.07. The maximum Gasteiger partial charge on any atom is 0.141 e. The first-order valence-corrected chi connectivity index (χ1v) is 10.8. The van der Waals surface area contributed by atoms with E-state index in [1.807, 2.05) is 45.6 Å². The van der Waals surface area contributed by atoms with Crippen molar-refractivity contribution in [1.29, 1.82) is 0 Å². The van der Waals surface area contributed by atoms with E-state index < -0.39 is 0 Å². The second-order valence-corrected chi connectivity index (χ2v) is 7.53. The number of aryl methyl sites for hydroxylation is 2. The number of hydrogen-bond acceptors (Lipinski definition) is 4. The Bertz CT molecular complexity index is 1180. The third-order valence-electron chi connectivity index (χ3n) is 5.45. The van der Waals surface area contributed by atoms with Gasteiger partial charge in [0, 0.05) is 43.0 Å². The quantitative estimate of drug-likeness (QED) is 0.443. The largest absolute Gasteiger partial charge is 0.325 e. The van der Waals surface area contributed by atoms with Gasteiger partial charge in [0.05, 0.1) is 29.5 Å². The molecule has 31 heavy (non-hydrogen) atoms. The summed E-state index contributed by atoms with van der Waals surface area (Å²) >= 11 is 0. The highest BCUT2D eigenvalue weighted by Gasteiger charge is 2.26. The van der Waals surface area contributed by atoms with Gasteiger partial charge in [-0.05, 0) is 44.0 Å². The lowest BCUT2D eigenvalue weighted by atomic mass is 10.0. The van der Waals surface area contributed by atoms with E-state index in [-0.39, 0.29) is 5.82 Å². The summed E-state index contributed by atoms with van der Waals surface area (Å²) in [4.78, 5) is 13.8. The van der Waals surface area contributed by atoms with Crippen LogP contribution in [0.4, 0.5) is 4.39 Å². The molecule has 0 amide bonds. The number of halogens is 1. The summed E-state index contributed by atoms with van der Waals surface area (Å²) in [6, 6.07) is 7.53. The minimum Gasteiger partial charge on any atom is -0.325 e. The molecule has 0 saturated heterocycles. The van der Waals surface area contributed by atoms with Crippen molar-refractivity contribution >= 4 is 0 Å². The molecule has 0 aliphatic carbocycles. The van der Waals surface area contributed by atoms with Crippen LogP contribution in [0.5, 0.6) is 0 Å². The van der Waals surface area contributed by atoms with Crippen LogP contribution in [0.15, 0.2) is 49.1 Å². The molecule has 4 aromatic rings. The molecule has 5 heterocycles. The number of nitrogens with zero attached hydrogens (tertiary/aromatic N) is 6. The van der Waals surface area contributed by atoms with Crippen molar-refractivity contribution in [3.05, 3.63) is 60.7 Å². The molecule has 1 aliphatic rings. The van der Waals surface area contributed by atoms with Crippen LogP contribution in [0, 0.1) is 5.82 Å². The number of imidazole rings is 1. The van der Waals surface area contributed by atoms with Gasteiger partial charge in [-0.15, -0.1) is 0 Å². The van der Waals surface area contributed by atoms with Gasteiger partial charge in [0.2, 0.25) is 0 Å². The number of hydrogen-bond donors (Lipinski definition) is 0. The summed E-state index contributed by atoms with van der Waals surface area (Å²) in [7, 11) is 1.89. The third-order valence-corrected chi connectivity index (χ3v) is 5.45. The molecule has 0 spiro atoms. The van der Waals surface area contributed by atoms with Crippen molar-refractivity contribution in [3.63, 3.8) is 0 Å². The van der Waals surface area contributed by atoms with Crippen molar-refractivity contribution in [3.8, 4) is 33.9 Å². The molecule has 7 heteroatoms. The van der Waals surface area contributed by atoms with E-state index in [0.29, 0.717) is 11.7 Å². The summed E-state index contributed by atoms with van der Waals surface area (Å²) in [6.07, 6.45) is 9.96.